The van der Waals surface area contributed by atoms with Crippen molar-refractivity contribution in [2.24, 2.45) is 0 Å². The van der Waals surface area contributed by atoms with E-state index in [9.17, 15) is 9.59 Å². The van der Waals surface area contributed by atoms with Gasteiger partial charge < -0.3 is 25.7 Å². The summed E-state index contributed by atoms with van der Waals surface area (Å²) in [5.41, 5.74) is 0.825. The number of aryl methyl sites for hydroxylation is 1. The Hall–Kier alpha value is -2.77. The highest BCUT2D eigenvalue weighted by Crippen LogP contribution is 2.16. The molecule has 100 valence electrons. The van der Waals surface area contributed by atoms with Gasteiger partial charge in [0.25, 0.3) is 0 Å². The number of aromatic amines is 2. The number of aromatic carboxylic acids is 1. The lowest BCUT2D eigenvalue weighted by atomic mass is 10.3. The van der Waals surface area contributed by atoms with Gasteiger partial charge in [-0.1, -0.05) is 0 Å². The molecule has 8 nitrogen and oxygen atoms in total. The van der Waals surface area contributed by atoms with Crippen LogP contribution in [0.25, 0.3) is 0 Å². The Bertz CT molecular complexity index is 588. The first kappa shape index (κ1) is 12.7. The van der Waals surface area contributed by atoms with Crippen molar-refractivity contribution < 1.29 is 14.7 Å². The second kappa shape index (κ2) is 5.25. The molecule has 0 aliphatic carbocycles. The maximum absolute atomic E-state index is 11.6. The van der Waals surface area contributed by atoms with E-state index >= 15 is 0 Å². The minimum atomic E-state index is -1.13. The van der Waals surface area contributed by atoms with Gasteiger partial charge >= 0.3 is 12.0 Å². The fourth-order valence-corrected chi connectivity index (χ4v) is 1.58. The molecule has 0 aliphatic heterocycles. The number of amides is 2. The van der Waals surface area contributed by atoms with Crippen LogP contribution in [-0.4, -0.2) is 32.1 Å². The summed E-state index contributed by atoms with van der Waals surface area (Å²) in [6, 6.07) is 1.05. The number of carbonyl (C=O) groups excluding carboxylic acids is 1. The number of nitrogens with one attached hydrogen (secondary N) is 4. The van der Waals surface area contributed by atoms with Crippen LogP contribution in [0.2, 0.25) is 0 Å². The first-order valence-electron chi connectivity index (χ1n) is 5.52. The second-order valence-electron chi connectivity index (χ2n) is 3.89. The predicted molar refractivity (Wildman–Crippen MR) is 66.9 cm³/mol. The number of rotatable bonds is 4. The Morgan fingerprint density at radius 3 is 2.89 bits per heavy atom. The Labute approximate surface area is 108 Å². The molecule has 0 spiro atoms. The van der Waals surface area contributed by atoms with E-state index in [4.69, 9.17) is 5.11 Å². The van der Waals surface area contributed by atoms with Gasteiger partial charge in [0.2, 0.25) is 0 Å². The number of carboxylic acid groups (broad SMARTS) is 1. The summed E-state index contributed by atoms with van der Waals surface area (Å²) >= 11 is 0. The first-order valence-corrected chi connectivity index (χ1v) is 5.52. The summed E-state index contributed by atoms with van der Waals surface area (Å²) in [5, 5.41) is 14.0. The topological polar surface area (TPSA) is 123 Å². The Morgan fingerprint density at radius 1 is 1.47 bits per heavy atom. The number of anilines is 1. The molecular weight excluding hydrogens is 250 g/mol. The highest BCUT2D eigenvalue weighted by Gasteiger charge is 2.15. The fourth-order valence-electron chi connectivity index (χ4n) is 1.58. The van der Waals surface area contributed by atoms with E-state index in [-0.39, 0.29) is 17.9 Å². The van der Waals surface area contributed by atoms with Crippen LogP contribution < -0.4 is 10.6 Å². The van der Waals surface area contributed by atoms with Crippen LogP contribution in [-0.2, 0) is 6.54 Å². The molecule has 0 aromatic carbocycles. The molecule has 0 unspecified atom stereocenters. The number of hydrogen-bond acceptors (Lipinski definition) is 3. The highest BCUT2D eigenvalue weighted by atomic mass is 16.4. The molecule has 0 saturated heterocycles. The zero-order valence-electron chi connectivity index (χ0n) is 10.2. The van der Waals surface area contributed by atoms with E-state index in [1.54, 1.807) is 25.4 Å². The standard InChI is InChI=1S/C11H13N5O3/c1-6-4-7(9(15-6)10(17)18)16-11(19)14-5-8-12-2-3-13-8/h2-4,15H,5H2,1H3,(H,12,13)(H,17,18)(H2,14,16,19). The average Bonchev–Trinajstić information content (AvgIpc) is 2.96. The van der Waals surface area contributed by atoms with Crippen LogP contribution in [0, 0.1) is 6.92 Å². The van der Waals surface area contributed by atoms with Crippen LogP contribution in [0.4, 0.5) is 10.5 Å². The van der Waals surface area contributed by atoms with Crippen LogP contribution in [0.3, 0.4) is 0 Å². The number of H-pyrrole nitrogens is 2. The monoisotopic (exact) mass is 263 g/mol. The number of aromatic nitrogens is 3. The molecule has 19 heavy (non-hydrogen) atoms. The summed E-state index contributed by atoms with van der Waals surface area (Å²) in [4.78, 5) is 32.0. The largest absolute Gasteiger partial charge is 0.477 e. The van der Waals surface area contributed by atoms with E-state index in [0.717, 1.165) is 0 Å². The molecular formula is C11H13N5O3. The van der Waals surface area contributed by atoms with E-state index in [1.807, 2.05) is 0 Å². The van der Waals surface area contributed by atoms with Gasteiger partial charge in [-0.2, -0.15) is 0 Å². The molecule has 0 atom stereocenters. The van der Waals surface area contributed by atoms with Crippen molar-refractivity contribution in [2.75, 3.05) is 5.32 Å². The first-order chi connectivity index (χ1) is 9.06. The molecule has 0 bridgehead atoms. The zero-order valence-corrected chi connectivity index (χ0v) is 10.2. The molecule has 0 saturated carbocycles. The fraction of sp³-hybridized carbons (Fsp3) is 0.182. The number of imidazole rings is 1. The van der Waals surface area contributed by atoms with E-state index in [2.05, 4.69) is 25.6 Å². The van der Waals surface area contributed by atoms with Crippen molar-refractivity contribution in [1.29, 1.82) is 0 Å². The third kappa shape index (κ3) is 3.12. The molecule has 2 aromatic heterocycles. The summed E-state index contributed by atoms with van der Waals surface area (Å²) < 4.78 is 0. The SMILES string of the molecule is Cc1cc(NC(=O)NCc2ncc[nH]2)c(C(=O)O)[nH]1. The lowest BCUT2D eigenvalue weighted by Crippen LogP contribution is -2.29. The lowest BCUT2D eigenvalue weighted by molar-refractivity contribution is 0.0692. The Balaban J connectivity index is 1.97. The molecule has 0 aliphatic rings. The molecule has 2 heterocycles. The number of urea groups is 1. The molecule has 0 radical (unpaired) electrons. The number of carbonyl (C=O) groups is 2. The van der Waals surface area contributed by atoms with E-state index in [1.165, 1.54) is 0 Å². The normalized spacial score (nSPS) is 10.2. The van der Waals surface area contributed by atoms with Crippen molar-refractivity contribution in [3.63, 3.8) is 0 Å². The van der Waals surface area contributed by atoms with Gasteiger partial charge in [0.05, 0.1) is 12.2 Å². The number of nitrogens with zero attached hydrogens (tertiary/aromatic N) is 1. The molecule has 5 N–H and O–H groups in total. The lowest BCUT2D eigenvalue weighted by Gasteiger charge is -2.05. The molecule has 2 amide bonds. The number of carboxylic acids is 1. The van der Waals surface area contributed by atoms with Crippen molar-refractivity contribution in [2.45, 2.75) is 13.5 Å². The van der Waals surface area contributed by atoms with Gasteiger partial charge in [0.15, 0.2) is 0 Å². The average molecular weight is 263 g/mol. The van der Waals surface area contributed by atoms with Crippen LogP contribution in [0.5, 0.6) is 0 Å². The quantitative estimate of drug-likeness (QED) is 0.566. The maximum Gasteiger partial charge on any atom is 0.354 e. The summed E-state index contributed by atoms with van der Waals surface area (Å²) in [6.45, 7) is 1.93. The molecule has 2 rings (SSSR count). The van der Waals surface area contributed by atoms with Gasteiger partial charge in [-0.15, -0.1) is 0 Å². The van der Waals surface area contributed by atoms with Crippen molar-refractivity contribution >= 4 is 17.7 Å². The van der Waals surface area contributed by atoms with Crippen LogP contribution in [0.1, 0.15) is 22.0 Å². The van der Waals surface area contributed by atoms with Gasteiger partial charge in [-0.05, 0) is 13.0 Å². The predicted octanol–water partition coefficient (Wildman–Crippen LogP) is 1.07. The molecule has 8 heteroatoms. The van der Waals surface area contributed by atoms with Gasteiger partial charge in [-0.3, -0.25) is 0 Å². The maximum atomic E-state index is 11.6. The van der Waals surface area contributed by atoms with Gasteiger partial charge in [-0.25, -0.2) is 14.6 Å². The third-order valence-electron chi connectivity index (χ3n) is 2.39. The third-order valence-corrected chi connectivity index (χ3v) is 2.39. The Morgan fingerprint density at radius 2 is 2.26 bits per heavy atom. The van der Waals surface area contributed by atoms with Crippen molar-refractivity contribution in [3.8, 4) is 0 Å². The minimum Gasteiger partial charge on any atom is -0.477 e. The summed E-state index contributed by atoms with van der Waals surface area (Å²) in [7, 11) is 0. The Kier molecular flexibility index (Phi) is 3.51. The van der Waals surface area contributed by atoms with Crippen molar-refractivity contribution in [1.82, 2.24) is 20.3 Å². The van der Waals surface area contributed by atoms with E-state index in [0.29, 0.717) is 11.5 Å². The molecule has 2 aromatic rings. The van der Waals surface area contributed by atoms with Crippen LogP contribution in [0.15, 0.2) is 18.5 Å². The summed E-state index contributed by atoms with van der Waals surface area (Å²) in [6.07, 6.45) is 3.22. The van der Waals surface area contributed by atoms with Crippen LogP contribution >= 0.6 is 0 Å². The van der Waals surface area contributed by atoms with Crippen molar-refractivity contribution in [3.05, 3.63) is 35.7 Å². The second-order valence-corrected chi connectivity index (χ2v) is 3.89. The summed E-state index contributed by atoms with van der Waals surface area (Å²) in [5.74, 6) is -0.520. The zero-order chi connectivity index (χ0) is 13.8. The highest BCUT2D eigenvalue weighted by molar-refractivity contribution is 5.99. The van der Waals surface area contributed by atoms with E-state index < -0.39 is 12.0 Å². The minimum absolute atomic E-state index is 0.0503. The van der Waals surface area contributed by atoms with Gasteiger partial charge in [0, 0.05) is 18.1 Å². The molecule has 0 fully saturated rings. The van der Waals surface area contributed by atoms with Gasteiger partial charge in [0.1, 0.15) is 11.5 Å². The smallest absolute Gasteiger partial charge is 0.354 e. The number of hydrogen-bond donors (Lipinski definition) is 5.